The Kier molecular flexibility index (Phi) is 16.1. The molecule has 23 heteroatoms. The molecule has 0 spiro atoms. The van der Waals surface area contributed by atoms with Crippen LogP contribution in [-0.2, 0) is 39.0 Å². The Morgan fingerprint density at radius 3 is 2.36 bits per heavy atom. The minimum absolute atomic E-state index is 0.00724. The molecule has 8 rings (SSSR count). The first-order valence-electron chi connectivity index (χ1n) is 24.7. The van der Waals surface area contributed by atoms with E-state index in [9.17, 15) is 66.3 Å². The van der Waals surface area contributed by atoms with Crippen molar-refractivity contribution >= 4 is 82.2 Å². The Morgan fingerprint density at radius 1 is 0.895 bits per heavy atom. The lowest BCUT2D eigenvalue weighted by molar-refractivity contribution is -0.155. The van der Waals surface area contributed by atoms with Crippen molar-refractivity contribution in [2.75, 3.05) is 39.3 Å². The highest BCUT2D eigenvalue weighted by atomic mass is 32.1. The number of nitrogens with one attached hydrogen (secondary N) is 3. The number of hydrogen-bond donors (Lipinski definition) is 5. The molecular weight excluding hydrogens is 1030 g/mol. The Hall–Kier alpha value is -7.18. The lowest BCUT2D eigenvalue weighted by Crippen LogP contribution is -2.66. The van der Waals surface area contributed by atoms with Gasteiger partial charge in [0.2, 0.25) is 35.4 Å². The van der Waals surface area contributed by atoms with Gasteiger partial charge in [0.1, 0.15) is 24.5 Å². The third-order valence-corrected chi connectivity index (χ3v) is 16.1. The molecule has 19 nitrogen and oxygen atoms in total. The fourth-order valence-corrected chi connectivity index (χ4v) is 11.3. The Labute approximate surface area is 439 Å². The predicted octanol–water partition coefficient (Wildman–Crippen LogP) is 4.46. The van der Waals surface area contributed by atoms with E-state index in [2.05, 4.69) is 27.8 Å². The Balaban J connectivity index is 0.921. The minimum Gasteiger partial charge on any atom is -0.356 e. The van der Waals surface area contributed by atoms with Gasteiger partial charge in [-0.1, -0.05) is 75.1 Å². The van der Waals surface area contributed by atoms with Gasteiger partial charge in [0.15, 0.2) is 0 Å². The Morgan fingerprint density at radius 2 is 1.64 bits per heavy atom. The maximum absolute atomic E-state index is 14.9. The molecule has 5 heterocycles. The quantitative estimate of drug-likeness (QED) is 0.0409. The van der Waals surface area contributed by atoms with Crippen LogP contribution in [0.4, 0.5) is 8.78 Å². The largest absolute Gasteiger partial charge is 0.399 e. The van der Waals surface area contributed by atoms with Crippen LogP contribution in [0.3, 0.4) is 0 Å². The van der Waals surface area contributed by atoms with Crippen molar-refractivity contribution in [1.29, 1.82) is 0 Å². The minimum atomic E-state index is -5.87. The van der Waals surface area contributed by atoms with E-state index in [0.29, 0.717) is 30.6 Å². The molecule has 0 radical (unpaired) electrons. The number of fused-ring (bicyclic) bond motifs is 2. The summed E-state index contributed by atoms with van der Waals surface area (Å²) in [6, 6.07) is 15.0. The number of carbonyl (C=O) groups excluding carboxylic acids is 9. The van der Waals surface area contributed by atoms with Gasteiger partial charge in [-0.25, -0.2) is 0 Å². The summed E-state index contributed by atoms with van der Waals surface area (Å²) in [7, 11) is -5.87. The first-order chi connectivity index (χ1) is 35.9. The number of alkyl halides is 2. The number of benzene rings is 3. The summed E-state index contributed by atoms with van der Waals surface area (Å²) in [4.78, 5) is 145. The van der Waals surface area contributed by atoms with Crippen LogP contribution in [0, 0.1) is 17.3 Å². The molecule has 3 saturated heterocycles. The lowest BCUT2D eigenvalue weighted by atomic mass is 9.85. The summed E-state index contributed by atoms with van der Waals surface area (Å²) in [5.41, 5.74) is -4.90. The highest BCUT2D eigenvalue weighted by Crippen LogP contribution is 2.59. The van der Waals surface area contributed by atoms with E-state index >= 15 is 0 Å². The summed E-state index contributed by atoms with van der Waals surface area (Å²) in [5, 5.41) is 7.78. The van der Waals surface area contributed by atoms with Gasteiger partial charge >= 0.3 is 13.3 Å². The van der Waals surface area contributed by atoms with Crippen molar-refractivity contribution in [2.24, 2.45) is 5.41 Å². The maximum atomic E-state index is 14.9. The number of halogens is 2. The second-order valence-corrected chi connectivity index (χ2v) is 23.0. The molecule has 400 valence electrons. The number of likely N-dealkylation sites (tertiary alicyclic amines) is 1. The average molecular weight is 1080 g/mol. The second-order valence-electron chi connectivity index (χ2n) is 20.2. The van der Waals surface area contributed by atoms with Crippen LogP contribution >= 0.6 is 18.9 Å². The molecule has 2 unspecified atom stereocenters. The number of piperidine rings is 2. The standard InChI is InChI=1S/C53H56F2N7O12PS/c1-52(2,3)45(58-47(67)40-27-34-26-35(18-20-39(34)76-40)53(54,55)75(72,73)74)51(71)61-25-24-59(30-38(61)49(69)60-23-11-16-33(29-60)31-12-6-4-7-13-31)43(65)28-42(64)56-22-9-5-8-14-32-15-10-17-36-44(32)50(70)62(48(36)68)37-19-21-41(63)57-46(37)66/h4,6-7,10,12-13,15,17-18,20,26-27,33,37-38,45H,5,9,11,16,19,21-25,28-30H2,1-3H3,(H,56,64)(H,58,67)(H,57,63,66)(H2,72,73,74)/t33-,37?,38-,45?/m0/s1. The van der Waals surface area contributed by atoms with Crippen LogP contribution in [0.15, 0.2) is 72.8 Å². The highest BCUT2D eigenvalue weighted by Gasteiger charge is 2.51. The van der Waals surface area contributed by atoms with Crippen molar-refractivity contribution in [2.45, 2.75) is 95.4 Å². The van der Waals surface area contributed by atoms with E-state index in [4.69, 9.17) is 0 Å². The fraction of sp³-hybridized carbons (Fsp3) is 0.415. The van der Waals surface area contributed by atoms with E-state index in [0.717, 1.165) is 40.4 Å². The molecule has 4 atom stereocenters. The second kappa shape index (κ2) is 22.2. The number of rotatable bonds is 13. The summed E-state index contributed by atoms with van der Waals surface area (Å²) in [6.07, 6.45) is 1.52. The number of nitrogens with zero attached hydrogens (tertiary/aromatic N) is 4. The smallest absolute Gasteiger partial charge is 0.356 e. The van der Waals surface area contributed by atoms with Crippen LogP contribution in [0.25, 0.3) is 10.1 Å². The average Bonchev–Trinajstić information content (AvgIpc) is 3.94. The predicted molar refractivity (Wildman–Crippen MR) is 272 cm³/mol. The first-order valence-corrected chi connectivity index (χ1v) is 27.2. The van der Waals surface area contributed by atoms with E-state index in [-0.39, 0.29) is 78.3 Å². The SMILES string of the molecule is CC(C)(C)C(NC(=O)c1cc2cc(C(F)(F)P(=O)(O)O)ccc2s1)C(=O)N1CCN(C(=O)CC(=O)NCCCC#Cc2cccc3c2C(=O)N(C2CCC(=O)NC2=O)C3=O)C[C@H]1C(=O)N1CCC[C@H](c2ccccc2)C1. The molecule has 0 saturated carbocycles. The van der Waals surface area contributed by atoms with Gasteiger partial charge in [-0.05, 0) is 72.4 Å². The van der Waals surface area contributed by atoms with E-state index in [1.165, 1.54) is 28.0 Å². The molecule has 76 heavy (non-hydrogen) atoms. The number of amides is 9. The molecule has 3 fully saturated rings. The van der Waals surface area contributed by atoms with Crippen LogP contribution < -0.4 is 16.0 Å². The number of hydrogen-bond acceptors (Lipinski definition) is 11. The summed E-state index contributed by atoms with van der Waals surface area (Å²) < 4.78 is 41.1. The Bertz CT molecular complexity index is 3150. The fourth-order valence-electron chi connectivity index (χ4n) is 9.89. The van der Waals surface area contributed by atoms with Crippen LogP contribution in [0.1, 0.15) is 119 Å². The van der Waals surface area contributed by atoms with Gasteiger partial charge in [0, 0.05) is 67.3 Å². The van der Waals surface area contributed by atoms with E-state index in [1.54, 1.807) is 37.8 Å². The van der Waals surface area contributed by atoms with Gasteiger partial charge in [-0.15, -0.1) is 11.3 Å². The topological polar surface area (TPSA) is 260 Å². The van der Waals surface area contributed by atoms with Crippen molar-refractivity contribution in [1.82, 2.24) is 35.6 Å². The molecule has 3 aromatic carbocycles. The monoisotopic (exact) mass is 1080 g/mol. The normalized spacial score (nSPS) is 19.6. The third kappa shape index (κ3) is 11.6. The first kappa shape index (κ1) is 55.1. The van der Waals surface area contributed by atoms with E-state index < -0.39 is 102 Å². The van der Waals surface area contributed by atoms with Gasteiger partial charge in [0.25, 0.3) is 17.7 Å². The number of unbranched alkanes of at least 4 members (excludes halogenated alkanes) is 1. The zero-order valence-corrected chi connectivity index (χ0v) is 43.5. The molecule has 4 aliphatic heterocycles. The zero-order valence-electron chi connectivity index (χ0n) is 41.8. The number of imide groups is 2. The summed E-state index contributed by atoms with van der Waals surface area (Å²) >= 11 is 0.921. The lowest BCUT2D eigenvalue weighted by Gasteiger charge is -2.45. The molecule has 4 aromatic rings. The van der Waals surface area contributed by atoms with Gasteiger partial charge in [-0.3, -0.25) is 57.9 Å². The van der Waals surface area contributed by atoms with Crippen molar-refractivity contribution in [3.8, 4) is 11.8 Å². The maximum Gasteiger partial charge on any atom is 0.399 e. The summed E-state index contributed by atoms with van der Waals surface area (Å²) in [6.45, 7) is 5.60. The zero-order chi connectivity index (χ0) is 54.9. The van der Waals surface area contributed by atoms with Gasteiger partial charge in [0.05, 0.1) is 22.5 Å². The van der Waals surface area contributed by atoms with Gasteiger partial charge in [-0.2, -0.15) is 8.78 Å². The van der Waals surface area contributed by atoms with Crippen molar-refractivity contribution < 1.29 is 66.3 Å². The van der Waals surface area contributed by atoms with Crippen LogP contribution in [0.5, 0.6) is 0 Å². The highest BCUT2D eigenvalue weighted by molar-refractivity contribution is 7.52. The molecule has 4 aliphatic rings. The molecule has 0 bridgehead atoms. The number of piperazine rings is 1. The van der Waals surface area contributed by atoms with Crippen molar-refractivity contribution in [3.63, 3.8) is 0 Å². The molecule has 1 aromatic heterocycles. The van der Waals surface area contributed by atoms with Crippen LogP contribution in [0.2, 0.25) is 0 Å². The number of thiophene rings is 1. The summed E-state index contributed by atoms with van der Waals surface area (Å²) in [5.74, 6) is 0.370. The van der Waals surface area contributed by atoms with Crippen LogP contribution in [-0.4, -0.2) is 140 Å². The van der Waals surface area contributed by atoms with Gasteiger partial charge < -0.3 is 35.1 Å². The molecular formula is C53H56F2N7O12PS. The third-order valence-electron chi connectivity index (χ3n) is 14.0. The molecule has 0 aliphatic carbocycles. The van der Waals surface area contributed by atoms with E-state index in [1.807, 2.05) is 30.3 Å². The molecule has 9 amide bonds. The number of carbonyl (C=O) groups is 9. The molecule has 5 N–H and O–H groups in total. The van der Waals surface area contributed by atoms with Crippen molar-refractivity contribution in [3.05, 3.63) is 105 Å².